The van der Waals surface area contributed by atoms with E-state index in [-0.39, 0.29) is 0 Å². The van der Waals surface area contributed by atoms with E-state index in [2.05, 4.69) is 5.32 Å². The number of ether oxygens (including phenoxy) is 2. The SMILES string of the molecule is O=C1NC(=O)C(c2cc(Cl)cc3c2OCC3)O1. The highest BCUT2D eigenvalue weighted by atomic mass is 35.5. The van der Waals surface area contributed by atoms with Crippen molar-refractivity contribution in [2.24, 2.45) is 0 Å². The molecule has 0 aliphatic carbocycles. The molecule has 17 heavy (non-hydrogen) atoms. The van der Waals surface area contributed by atoms with E-state index >= 15 is 0 Å². The predicted molar refractivity (Wildman–Crippen MR) is 58.0 cm³/mol. The van der Waals surface area contributed by atoms with E-state index in [0.29, 0.717) is 22.9 Å². The number of benzene rings is 1. The van der Waals surface area contributed by atoms with Crippen LogP contribution in [0, 0.1) is 0 Å². The van der Waals surface area contributed by atoms with Crippen molar-refractivity contribution in [1.82, 2.24) is 5.32 Å². The Morgan fingerprint density at radius 1 is 1.35 bits per heavy atom. The molecule has 0 saturated carbocycles. The standard InChI is InChI=1S/C11H8ClNO4/c12-6-3-5-1-2-16-8(5)7(4-6)9-10(14)13-11(15)17-9/h3-4,9H,1-2H2,(H,13,14,15). The number of cyclic esters (lactones) is 1. The van der Waals surface area contributed by atoms with Gasteiger partial charge in [0.15, 0.2) is 0 Å². The number of amides is 2. The van der Waals surface area contributed by atoms with Gasteiger partial charge in [-0.05, 0) is 17.7 Å². The van der Waals surface area contributed by atoms with Crippen LogP contribution in [0.15, 0.2) is 12.1 Å². The van der Waals surface area contributed by atoms with Gasteiger partial charge in [0.1, 0.15) is 5.75 Å². The Hall–Kier alpha value is -1.75. The first kappa shape index (κ1) is 10.4. The molecular formula is C11H8ClNO4. The van der Waals surface area contributed by atoms with E-state index in [1.54, 1.807) is 12.1 Å². The van der Waals surface area contributed by atoms with Gasteiger partial charge in [-0.25, -0.2) is 4.79 Å². The van der Waals surface area contributed by atoms with E-state index in [1.165, 1.54) is 0 Å². The molecule has 2 amide bonds. The quantitative estimate of drug-likeness (QED) is 0.825. The minimum absolute atomic E-state index is 0.491. The minimum Gasteiger partial charge on any atom is -0.493 e. The lowest BCUT2D eigenvalue weighted by Gasteiger charge is -2.12. The third-order valence-corrected chi connectivity index (χ3v) is 2.97. The van der Waals surface area contributed by atoms with Crippen LogP contribution in [0.2, 0.25) is 5.02 Å². The number of hydrogen-bond acceptors (Lipinski definition) is 4. The van der Waals surface area contributed by atoms with Gasteiger partial charge in [0.05, 0.1) is 6.61 Å². The number of halogens is 1. The summed E-state index contributed by atoms with van der Waals surface area (Å²) in [5.74, 6) is 0.110. The molecule has 1 N–H and O–H groups in total. The molecule has 6 heteroatoms. The van der Waals surface area contributed by atoms with Crippen molar-refractivity contribution < 1.29 is 19.1 Å². The fourth-order valence-corrected chi connectivity index (χ4v) is 2.30. The average Bonchev–Trinajstić information content (AvgIpc) is 2.83. The van der Waals surface area contributed by atoms with Crippen LogP contribution in [0.4, 0.5) is 4.79 Å². The summed E-state index contributed by atoms with van der Waals surface area (Å²) >= 11 is 5.96. The van der Waals surface area contributed by atoms with Crippen LogP contribution < -0.4 is 10.1 Å². The number of carbonyl (C=O) groups is 2. The Labute approximate surface area is 102 Å². The second-order valence-corrected chi connectivity index (χ2v) is 4.29. The van der Waals surface area contributed by atoms with Crippen LogP contribution in [-0.4, -0.2) is 18.6 Å². The zero-order chi connectivity index (χ0) is 12.0. The van der Waals surface area contributed by atoms with Gasteiger partial charge >= 0.3 is 6.09 Å². The Kier molecular flexibility index (Phi) is 2.22. The number of rotatable bonds is 1. The summed E-state index contributed by atoms with van der Waals surface area (Å²) in [5.41, 5.74) is 1.44. The molecule has 2 aliphatic heterocycles. The molecule has 1 saturated heterocycles. The lowest BCUT2D eigenvalue weighted by molar-refractivity contribution is -0.123. The molecule has 1 unspecified atom stereocenters. The minimum atomic E-state index is -0.965. The molecule has 2 aliphatic rings. The number of carbonyl (C=O) groups excluding carboxylic acids is 2. The highest BCUT2D eigenvalue weighted by molar-refractivity contribution is 6.30. The Balaban J connectivity index is 2.09. The monoisotopic (exact) mass is 253 g/mol. The first-order chi connectivity index (χ1) is 8.15. The molecule has 0 aromatic heterocycles. The van der Waals surface area contributed by atoms with E-state index in [9.17, 15) is 9.59 Å². The fourth-order valence-electron chi connectivity index (χ4n) is 2.05. The first-order valence-corrected chi connectivity index (χ1v) is 5.49. The molecule has 5 nitrogen and oxygen atoms in total. The summed E-state index contributed by atoms with van der Waals surface area (Å²) in [4.78, 5) is 22.5. The van der Waals surface area contributed by atoms with Crippen LogP contribution >= 0.6 is 11.6 Å². The normalized spacial score (nSPS) is 21.8. The van der Waals surface area contributed by atoms with E-state index in [0.717, 1.165) is 12.0 Å². The number of fused-ring (bicyclic) bond motifs is 1. The van der Waals surface area contributed by atoms with Crippen LogP contribution in [0.25, 0.3) is 0 Å². The molecule has 0 bridgehead atoms. The summed E-state index contributed by atoms with van der Waals surface area (Å²) in [6.45, 7) is 0.547. The van der Waals surface area contributed by atoms with Gasteiger partial charge in [-0.15, -0.1) is 0 Å². The second kappa shape index (κ2) is 3.63. The van der Waals surface area contributed by atoms with E-state index < -0.39 is 18.1 Å². The third kappa shape index (κ3) is 1.63. The maximum Gasteiger partial charge on any atom is 0.415 e. The van der Waals surface area contributed by atoms with Crippen molar-refractivity contribution in [2.75, 3.05) is 6.61 Å². The van der Waals surface area contributed by atoms with Gasteiger partial charge in [0.2, 0.25) is 6.10 Å². The maximum absolute atomic E-state index is 11.5. The van der Waals surface area contributed by atoms with Crippen LogP contribution in [0.3, 0.4) is 0 Å². The van der Waals surface area contributed by atoms with Crippen molar-refractivity contribution in [3.8, 4) is 5.75 Å². The topological polar surface area (TPSA) is 64.6 Å². The molecule has 0 spiro atoms. The molecule has 0 radical (unpaired) electrons. The summed E-state index contributed by atoms with van der Waals surface area (Å²) < 4.78 is 10.4. The van der Waals surface area contributed by atoms with Crippen LogP contribution in [0.5, 0.6) is 5.75 Å². The second-order valence-electron chi connectivity index (χ2n) is 3.86. The predicted octanol–water partition coefficient (Wildman–Crippen LogP) is 1.58. The van der Waals surface area contributed by atoms with Gasteiger partial charge < -0.3 is 9.47 Å². The Bertz CT molecular complexity index is 528. The zero-order valence-electron chi connectivity index (χ0n) is 8.66. The highest BCUT2D eigenvalue weighted by Crippen LogP contribution is 2.38. The number of nitrogens with one attached hydrogen (secondary N) is 1. The molecule has 1 atom stereocenters. The number of hydrogen-bond donors (Lipinski definition) is 1. The van der Waals surface area contributed by atoms with Crippen molar-refractivity contribution in [3.63, 3.8) is 0 Å². The molecule has 2 heterocycles. The molecule has 1 aromatic rings. The van der Waals surface area contributed by atoms with E-state index in [1.807, 2.05) is 0 Å². The first-order valence-electron chi connectivity index (χ1n) is 5.12. The zero-order valence-corrected chi connectivity index (χ0v) is 9.41. The van der Waals surface area contributed by atoms with Crippen molar-refractivity contribution in [2.45, 2.75) is 12.5 Å². The molecule has 3 rings (SSSR count). The smallest absolute Gasteiger partial charge is 0.415 e. The van der Waals surface area contributed by atoms with Gasteiger partial charge in [0, 0.05) is 17.0 Å². The fraction of sp³-hybridized carbons (Fsp3) is 0.273. The average molecular weight is 254 g/mol. The van der Waals surface area contributed by atoms with E-state index in [4.69, 9.17) is 21.1 Å². The van der Waals surface area contributed by atoms with Gasteiger partial charge in [-0.2, -0.15) is 0 Å². The maximum atomic E-state index is 11.5. The Morgan fingerprint density at radius 3 is 2.88 bits per heavy atom. The highest BCUT2D eigenvalue weighted by Gasteiger charge is 2.37. The van der Waals surface area contributed by atoms with Crippen molar-refractivity contribution in [1.29, 1.82) is 0 Å². The van der Waals surface area contributed by atoms with Gasteiger partial charge in [-0.1, -0.05) is 11.6 Å². The van der Waals surface area contributed by atoms with Crippen molar-refractivity contribution in [3.05, 3.63) is 28.3 Å². The van der Waals surface area contributed by atoms with Gasteiger partial charge in [-0.3, -0.25) is 10.1 Å². The molecular weight excluding hydrogens is 246 g/mol. The molecule has 1 fully saturated rings. The third-order valence-electron chi connectivity index (χ3n) is 2.75. The lowest BCUT2D eigenvalue weighted by atomic mass is 10.0. The molecule has 1 aromatic carbocycles. The summed E-state index contributed by atoms with van der Waals surface area (Å²) in [6.07, 6.45) is -0.967. The number of imide groups is 1. The molecule has 88 valence electrons. The van der Waals surface area contributed by atoms with Gasteiger partial charge in [0.25, 0.3) is 5.91 Å². The number of alkyl carbamates (subject to hydrolysis) is 1. The Morgan fingerprint density at radius 2 is 2.18 bits per heavy atom. The van der Waals surface area contributed by atoms with Crippen LogP contribution in [-0.2, 0) is 16.0 Å². The summed E-state index contributed by atoms with van der Waals surface area (Å²) in [6, 6.07) is 3.39. The largest absolute Gasteiger partial charge is 0.493 e. The van der Waals surface area contributed by atoms with Crippen molar-refractivity contribution >= 4 is 23.6 Å². The summed E-state index contributed by atoms with van der Waals surface area (Å²) in [5, 5.41) is 2.58. The van der Waals surface area contributed by atoms with Crippen LogP contribution in [0.1, 0.15) is 17.2 Å². The lowest BCUT2D eigenvalue weighted by Crippen LogP contribution is -2.20. The summed E-state index contributed by atoms with van der Waals surface area (Å²) in [7, 11) is 0.